The van der Waals surface area contributed by atoms with E-state index in [4.69, 9.17) is 17.5 Å². The Balaban J connectivity index is -0.0000000800. The quantitative estimate of drug-likeness (QED) is 0.297. The van der Waals surface area contributed by atoms with E-state index >= 15 is 0 Å². The van der Waals surface area contributed by atoms with Crippen LogP contribution in [0.1, 0.15) is 0 Å². The van der Waals surface area contributed by atoms with Gasteiger partial charge in [-0.15, -0.1) is 0 Å². The van der Waals surface area contributed by atoms with Gasteiger partial charge in [-0.25, -0.2) is 0 Å². The van der Waals surface area contributed by atoms with Crippen LogP contribution in [0.5, 0.6) is 0 Å². The summed E-state index contributed by atoms with van der Waals surface area (Å²) in [6.07, 6.45) is 0. The summed E-state index contributed by atoms with van der Waals surface area (Å²) < 4.78 is 34.1. The number of hydrogen-bond donors (Lipinski definition) is 0. The first-order chi connectivity index (χ1) is 2.00. The maximum absolute atomic E-state index is 8.52. The van der Waals surface area contributed by atoms with Gasteiger partial charge in [-0.2, -0.15) is 0 Å². The van der Waals surface area contributed by atoms with E-state index in [1.54, 1.807) is 0 Å². The van der Waals surface area contributed by atoms with Crippen molar-refractivity contribution in [3.63, 3.8) is 0 Å². The summed E-state index contributed by atoms with van der Waals surface area (Å²) in [7, 11) is -5.17. The Bertz CT molecular complexity index is 94.9. The van der Waals surface area contributed by atoms with Gasteiger partial charge >= 0.3 is 48.9 Å². The van der Waals surface area contributed by atoms with Gasteiger partial charge in [0.25, 0.3) is 0 Å². The van der Waals surface area contributed by atoms with E-state index in [0.29, 0.717) is 0 Å². The molecule has 7 heavy (non-hydrogen) atoms. The van der Waals surface area contributed by atoms with Crippen LogP contribution < -0.4 is 0 Å². The summed E-state index contributed by atoms with van der Waals surface area (Å²) in [6, 6.07) is 0. The second kappa shape index (κ2) is 6.48. The molecule has 0 aliphatic rings. The Morgan fingerprint density at radius 2 is 1.14 bits per heavy atom. The van der Waals surface area contributed by atoms with Crippen molar-refractivity contribution in [2.75, 3.05) is 0 Å². The second-order valence-electron chi connectivity index (χ2n) is 0.408. The van der Waals surface area contributed by atoms with Crippen LogP contribution >= 0.6 is 0 Å². The molecule has 0 aromatic rings. The Hall–Kier alpha value is 2.36. The summed E-state index contributed by atoms with van der Waals surface area (Å²) in [6.45, 7) is 0. The Morgan fingerprint density at radius 3 is 1.14 bits per heavy atom. The first-order valence-corrected chi connectivity index (χ1v) is 2.00. The van der Waals surface area contributed by atoms with Gasteiger partial charge in [0, 0.05) is 37.7 Å². The largest absolute Gasteiger partial charge is 2.00 e. The number of rotatable bonds is 0. The van der Waals surface area contributed by atoms with Crippen molar-refractivity contribution in [1.29, 1.82) is 0 Å². The van der Waals surface area contributed by atoms with Gasteiger partial charge in [0.05, 0.1) is 0 Å². The van der Waals surface area contributed by atoms with Gasteiger partial charge in [-0.3, -0.25) is 8.42 Å². The van der Waals surface area contributed by atoms with Gasteiger partial charge in [0.1, 0.15) is 0 Å². The molecule has 0 saturated carbocycles. The Labute approximate surface area is 102 Å². The summed E-state index contributed by atoms with van der Waals surface area (Å²) in [5.41, 5.74) is 0. The van der Waals surface area contributed by atoms with Crippen LogP contribution in [0.4, 0.5) is 0 Å². The second-order valence-corrected chi connectivity index (χ2v) is 1.22. The fraction of sp³-hybridized carbons (Fsp3) is 0. The molecule has 0 fully saturated rings. The molecule has 0 atom stereocenters. The maximum atomic E-state index is 8.52. The minimum atomic E-state index is -5.17. The third-order valence-electron chi connectivity index (χ3n) is 0. The molecule has 0 aromatic heterocycles. The van der Waals surface area contributed by atoms with E-state index in [9.17, 15) is 0 Å². The molecule has 0 rings (SSSR count). The van der Waals surface area contributed by atoms with Crippen molar-refractivity contribution in [2.45, 2.75) is 0 Å². The molecule has 0 N–H and O–H groups in total. The van der Waals surface area contributed by atoms with Crippen LogP contribution in [0.15, 0.2) is 0 Å². The van der Waals surface area contributed by atoms with Crippen LogP contribution in [-0.2, 0) is 37.7 Å². The summed E-state index contributed by atoms with van der Waals surface area (Å²) in [5, 5.41) is 0. The molecule has 34 valence electrons. The molecule has 0 amide bonds. The third-order valence-corrected chi connectivity index (χ3v) is 0. The van der Waals surface area contributed by atoms with Crippen LogP contribution in [0.2, 0.25) is 0 Å². The molecule has 4 nitrogen and oxygen atoms in total. The molecule has 0 aromatic carbocycles. The standard InChI is InChI=1S/Ba.Cd.H2O4S/c;;1-5(2,3)4/h;;(H2,1,2,3,4)/q+2;;/p-2. The summed E-state index contributed by atoms with van der Waals surface area (Å²) in [4.78, 5) is 0. The predicted molar refractivity (Wildman–Crippen MR) is 16.2 cm³/mol. The molecule has 0 radical (unpaired) electrons. The van der Waals surface area contributed by atoms with Gasteiger partial charge in [0.2, 0.25) is 0 Å². The van der Waals surface area contributed by atoms with Crippen molar-refractivity contribution in [3.8, 4) is 0 Å². The van der Waals surface area contributed by atoms with Crippen molar-refractivity contribution < 1.29 is 44.8 Å². The molecular weight excluding hydrogens is 346 g/mol. The maximum Gasteiger partial charge on any atom is 2.00 e. The van der Waals surface area contributed by atoms with Gasteiger partial charge in [-0.05, 0) is 0 Å². The van der Waals surface area contributed by atoms with E-state index in [1.807, 2.05) is 0 Å². The van der Waals surface area contributed by atoms with E-state index in [0.717, 1.165) is 0 Å². The van der Waals surface area contributed by atoms with Gasteiger partial charge < -0.3 is 9.11 Å². The van der Waals surface area contributed by atoms with E-state index < -0.39 is 10.4 Å². The first-order valence-electron chi connectivity index (χ1n) is 0.667. The van der Waals surface area contributed by atoms with Crippen LogP contribution in [0, 0.1) is 0 Å². The molecule has 0 spiro atoms. The molecule has 0 aliphatic heterocycles. The average molecular weight is 346 g/mol. The SMILES string of the molecule is O=S(=O)([O-])[O-].[Ba+2].[Cd]. The number of hydrogen-bond acceptors (Lipinski definition) is 4. The Kier molecular flexibility index (Phi) is 15.0. The van der Waals surface area contributed by atoms with E-state index in [-0.39, 0.29) is 76.2 Å². The molecule has 0 heterocycles. The molecule has 7 heteroatoms. The van der Waals surface area contributed by atoms with Crippen molar-refractivity contribution in [1.82, 2.24) is 0 Å². The smallest absolute Gasteiger partial charge is 0.759 e. The zero-order chi connectivity index (χ0) is 4.50. The fourth-order valence-corrected chi connectivity index (χ4v) is 0. The van der Waals surface area contributed by atoms with Crippen molar-refractivity contribution in [2.24, 2.45) is 0 Å². The predicted octanol–water partition coefficient (Wildman–Crippen LogP) is -1.72. The average Bonchev–Trinajstić information content (AvgIpc) is 0.722. The van der Waals surface area contributed by atoms with Crippen LogP contribution in [0.25, 0.3) is 0 Å². The zero-order valence-corrected chi connectivity index (χ0v) is 12.7. The normalized spacial score (nSPS) is 8.29. The molecule has 0 saturated heterocycles. The fourth-order valence-electron chi connectivity index (χ4n) is 0. The third kappa shape index (κ3) is 60.6. The summed E-state index contributed by atoms with van der Waals surface area (Å²) >= 11 is 0. The van der Waals surface area contributed by atoms with Crippen LogP contribution in [-0.4, -0.2) is 66.4 Å². The van der Waals surface area contributed by atoms with Crippen LogP contribution in [0.3, 0.4) is 0 Å². The van der Waals surface area contributed by atoms with Gasteiger partial charge in [-0.1, -0.05) is 0 Å². The molecule has 0 aliphatic carbocycles. The summed E-state index contributed by atoms with van der Waals surface area (Å²) in [5.74, 6) is 0. The first kappa shape index (κ1) is 16.2. The monoisotopic (exact) mass is 348 g/mol. The van der Waals surface area contributed by atoms with E-state index in [1.165, 1.54) is 0 Å². The zero-order valence-electron chi connectivity index (χ0n) is 3.46. The molecule has 0 unspecified atom stereocenters. The van der Waals surface area contributed by atoms with Crippen molar-refractivity contribution in [3.05, 3.63) is 0 Å². The van der Waals surface area contributed by atoms with Crippen molar-refractivity contribution >= 4 is 59.3 Å². The van der Waals surface area contributed by atoms with E-state index in [2.05, 4.69) is 0 Å². The minimum absolute atomic E-state index is 0. The molecule has 0 bridgehead atoms. The molecular formula is BaCdO4S. The Morgan fingerprint density at radius 1 is 1.14 bits per heavy atom. The van der Waals surface area contributed by atoms with Gasteiger partial charge in [0.15, 0.2) is 0 Å². The topological polar surface area (TPSA) is 80.3 Å². The minimum Gasteiger partial charge on any atom is -0.759 e.